The molecule has 1 atom stereocenters. The van der Waals surface area contributed by atoms with Gasteiger partial charge < -0.3 is 10.5 Å². The van der Waals surface area contributed by atoms with E-state index >= 15 is 0 Å². The van der Waals surface area contributed by atoms with Crippen molar-refractivity contribution in [3.8, 4) is 0 Å². The van der Waals surface area contributed by atoms with Crippen LogP contribution in [0, 0.1) is 0 Å². The second-order valence-electron chi connectivity index (χ2n) is 4.19. The zero-order valence-corrected chi connectivity index (χ0v) is 10.4. The SMILES string of the molecule is COCC(C)N(C)Cc1ccccc1CN. The molecule has 0 aromatic heterocycles. The van der Waals surface area contributed by atoms with Gasteiger partial charge in [-0.1, -0.05) is 24.3 Å². The molecule has 0 spiro atoms. The van der Waals surface area contributed by atoms with Gasteiger partial charge in [-0.25, -0.2) is 0 Å². The minimum absolute atomic E-state index is 0.413. The van der Waals surface area contributed by atoms with Gasteiger partial charge in [0.05, 0.1) is 6.61 Å². The Morgan fingerprint density at radius 1 is 1.31 bits per heavy atom. The quantitative estimate of drug-likeness (QED) is 0.794. The molecule has 1 aromatic rings. The molecule has 0 aliphatic rings. The van der Waals surface area contributed by atoms with Crippen molar-refractivity contribution in [2.75, 3.05) is 20.8 Å². The van der Waals surface area contributed by atoms with Crippen LogP contribution in [-0.4, -0.2) is 31.7 Å². The van der Waals surface area contributed by atoms with E-state index in [-0.39, 0.29) is 0 Å². The molecule has 0 saturated carbocycles. The molecule has 0 fully saturated rings. The fraction of sp³-hybridized carbons (Fsp3) is 0.538. The third-order valence-electron chi connectivity index (χ3n) is 2.92. The molecule has 0 aliphatic heterocycles. The third kappa shape index (κ3) is 3.59. The van der Waals surface area contributed by atoms with Crippen molar-refractivity contribution >= 4 is 0 Å². The number of likely N-dealkylation sites (N-methyl/N-ethyl adjacent to an activating group) is 1. The smallest absolute Gasteiger partial charge is 0.0615 e. The predicted octanol–water partition coefficient (Wildman–Crippen LogP) is 1.61. The number of hydrogen-bond donors (Lipinski definition) is 1. The summed E-state index contributed by atoms with van der Waals surface area (Å²) in [6.45, 7) is 4.43. The monoisotopic (exact) mass is 222 g/mol. The molecule has 3 nitrogen and oxygen atoms in total. The summed E-state index contributed by atoms with van der Waals surface area (Å²) >= 11 is 0. The lowest BCUT2D eigenvalue weighted by atomic mass is 10.1. The average molecular weight is 222 g/mol. The first-order valence-corrected chi connectivity index (χ1v) is 5.65. The van der Waals surface area contributed by atoms with E-state index in [1.54, 1.807) is 7.11 Å². The molecule has 1 rings (SSSR count). The Kier molecular flexibility index (Phi) is 5.46. The van der Waals surface area contributed by atoms with Crippen LogP contribution in [0.25, 0.3) is 0 Å². The predicted molar refractivity (Wildman–Crippen MR) is 67.1 cm³/mol. The van der Waals surface area contributed by atoms with Gasteiger partial charge in [0, 0.05) is 26.2 Å². The largest absolute Gasteiger partial charge is 0.383 e. The first kappa shape index (κ1) is 13.2. The normalized spacial score (nSPS) is 13.1. The first-order chi connectivity index (χ1) is 7.69. The Hall–Kier alpha value is -0.900. The number of nitrogens with two attached hydrogens (primary N) is 1. The zero-order chi connectivity index (χ0) is 12.0. The van der Waals surface area contributed by atoms with Crippen molar-refractivity contribution in [2.45, 2.75) is 26.1 Å². The van der Waals surface area contributed by atoms with Gasteiger partial charge in [-0.2, -0.15) is 0 Å². The molecule has 0 aliphatic carbocycles. The fourth-order valence-electron chi connectivity index (χ4n) is 1.70. The molecule has 16 heavy (non-hydrogen) atoms. The highest BCUT2D eigenvalue weighted by Gasteiger charge is 2.10. The number of nitrogens with zero attached hydrogens (tertiary/aromatic N) is 1. The summed E-state index contributed by atoms with van der Waals surface area (Å²) in [5.74, 6) is 0. The van der Waals surface area contributed by atoms with Gasteiger partial charge in [0.2, 0.25) is 0 Å². The van der Waals surface area contributed by atoms with E-state index in [4.69, 9.17) is 10.5 Å². The highest BCUT2D eigenvalue weighted by atomic mass is 16.5. The molecule has 0 amide bonds. The van der Waals surface area contributed by atoms with E-state index in [1.165, 1.54) is 11.1 Å². The summed E-state index contributed by atoms with van der Waals surface area (Å²) in [5.41, 5.74) is 8.24. The van der Waals surface area contributed by atoms with Gasteiger partial charge in [-0.05, 0) is 25.1 Å². The van der Waals surface area contributed by atoms with Gasteiger partial charge >= 0.3 is 0 Å². The summed E-state index contributed by atoms with van der Waals surface area (Å²) in [5, 5.41) is 0. The first-order valence-electron chi connectivity index (χ1n) is 5.65. The molecule has 1 unspecified atom stereocenters. The van der Waals surface area contributed by atoms with Gasteiger partial charge in [-0.3, -0.25) is 4.90 Å². The van der Waals surface area contributed by atoms with E-state index < -0.39 is 0 Å². The Bertz CT molecular complexity index is 315. The van der Waals surface area contributed by atoms with Crippen molar-refractivity contribution in [2.24, 2.45) is 5.73 Å². The van der Waals surface area contributed by atoms with Crippen molar-refractivity contribution < 1.29 is 4.74 Å². The third-order valence-corrected chi connectivity index (χ3v) is 2.92. The summed E-state index contributed by atoms with van der Waals surface area (Å²) in [6.07, 6.45) is 0. The molecule has 0 radical (unpaired) electrons. The highest BCUT2D eigenvalue weighted by molar-refractivity contribution is 5.26. The lowest BCUT2D eigenvalue weighted by molar-refractivity contribution is 0.112. The van der Waals surface area contributed by atoms with E-state index in [9.17, 15) is 0 Å². The van der Waals surface area contributed by atoms with Crippen LogP contribution in [0.3, 0.4) is 0 Å². The molecule has 1 aromatic carbocycles. The number of benzene rings is 1. The van der Waals surface area contributed by atoms with E-state index in [1.807, 2.05) is 6.07 Å². The van der Waals surface area contributed by atoms with Gasteiger partial charge in [-0.15, -0.1) is 0 Å². The van der Waals surface area contributed by atoms with Crippen LogP contribution in [-0.2, 0) is 17.8 Å². The van der Waals surface area contributed by atoms with Crippen LogP contribution in [0.15, 0.2) is 24.3 Å². The molecule has 3 heteroatoms. The van der Waals surface area contributed by atoms with Crippen LogP contribution < -0.4 is 5.73 Å². The Labute approximate surface area is 98.2 Å². The van der Waals surface area contributed by atoms with Crippen molar-refractivity contribution in [1.29, 1.82) is 0 Å². The number of ether oxygens (including phenoxy) is 1. The lowest BCUT2D eigenvalue weighted by Crippen LogP contribution is -2.32. The molecule has 0 bridgehead atoms. The van der Waals surface area contributed by atoms with E-state index in [0.717, 1.165) is 13.2 Å². The summed E-state index contributed by atoms with van der Waals surface area (Å²) in [6, 6.07) is 8.73. The molecule has 90 valence electrons. The maximum Gasteiger partial charge on any atom is 0.0615 e. The zero-order valence-electron chi connectivity index (χ0n) is 10.4. The van der Waals surface area contributed by atoms with Crippen LogP contribution in [0.1, 0.15) is 18.1 Å². The minimum Gasteiger partial charge on any atom is -0.383 e. The highest BCUT2D eigenvalue weighted by Crippen LogP contribution is 2.11. The van der Waals surface area contributed by atoms with Gasteiger partial charge in [0.25, 0.3) is 0 Å². The maximum absolute atomic E-state index is 5.72. The summed E-state index contributed by atoms with van der Waals surface area (Å²) in [4.78, 5) is 2.28. The number of rotatable bonds is 6. The van der Waals surface area contributed by atoms with E-state index in [0.29, 0.717) is 12.6 Å². The minimum atomic E-state index is 0.413. The van der Waals surface area contributed by atoms with Crippen LogP contribution in [0.2, 0.25) is 0 Å². The molecular weight excluding hydrogens is 200 g/mol. The van der Waals surface area contributed by atoms with Crippen molar-refractivity contribution in [3.63, 3.8) is 0 Å². The Morgan fingerprint density at radius 2 is 1.94 bits per heavy atom. The van der Waals surface area contributed by atoms with Crippen molar-refractivity contribution in [3.05, 3.63) is 35.4 Å². The fourth-order valence-corrected chi connectivity index (χ4v) is 1.70. The van der Waals surface area contributed by atoms with Crippen LogP contribution in [0.5, 0.6) is 0 Å². The molecule has 0 saturated heterocycles. The maximum atomic E-state index is 5.72. The van der Waals surface area contributed by atoms with Gasteiger partial charge in [0.15, 0.2) is 0 Å². The van der Waals surface area contributed by atoms with Crippen molar-refractivity contribution in [1.82, 2.24) is 4.90 Å². The van der Waals surface area contributed by atoms with Crippen LogP contribution in [0.4, 0.5) is 0 Å². The standard InChI is InChI=1S/C13H22N2O/c1-11(10-16-3)15(2)9-13-7-5-4-6-12(13)8-14/h4-7,11H,8-10,14H2,1-3H3. The molecular formula is C13H22N2O. The Balaban J connectivity index is 2.64. The lowest BCUT2D eigenvalue weighted by Gasteiger charge is -2.25. The van der Waals surface area contributed by atoms with Crippen LogP contribution >= 0.6 is 0 Å². The average Bonchev–Trinajstić information content (AvgIpc) is 2.30. The number of hydrogen-bond acceptors (Lipinski definition) is 3. The molecule has 0 heterocycles. The van der Waals surface area contributed by atoms with Gasteiger partial charge in [0.1, 0.15) is 0 Å². The summed E-state index contributed by atoms with van der Waals surface area (Å²) in [7, 11) is 3.84. The number of methoxy groups -OCH3 is 1. The second-order valence-corrected chi connectivity index (χ2v) is 4.19. The molecule has 2 N–H and O–H groups in total. The summed E-state index contributed by atoms with van der Waals surface area (Å²) < 4.78 is 5.15. The Morgan fingerprint density at radius 3 is 2.50 bits per heavy atom. The topological polar surface area (TPSA) is 38.5 Å². The van der Waals surface area contributed by atoms with E-state index in [2.05, 4.69) is 37.1 Å². The second kappa shape index (κ2) is 6.63.